The smallest absolute Gasteiger partial charge is 0.343 e. The largest absolute Gasteiger partial charge is 0.462 e. The van der Waals surface area contributed by atoms with Crippen molar-refractivity contribution in [3.63, 3.8) is 0 Å². The Morgan fingerprint density at radius 1 is 1.13 bits per heavy atom. The Morgan fingerprint density at radius 2 is 1.89 bits per heavy atom. The van der Waals surface area contributed by atoms with Gasteiger partial charge in [0.05, 0.1) is 6.61 Å². The third kappa shape index (κ3) is 5.08. The molecule has 3 heterocycles. The van der Waals surface area contributed by atoms with Gasteiger partial charge >= 0.3 is 5.97 Å². The molecule has 0 aliphatic heterocycles. The fourth-order valence-electron chi connectivity index (χ4n) is 5.11. The van der Waals surface area contributed by atoms with E-state index in [-0.39, 0.29) is 30.0 Å². The fraction of sp³-hybridized carbons (Fsp3) is 0.400. The maximum Gasteiger partial charge on any atom is 0.343 e. The quantitative estimate of drug-likeness (QED) is 0.264. The lowest BCUT2D eigenvalue weighted by atomic mass is 9.82. The first-order valence-corrected chi connectivity index (χ1v) is 13.4. The molecule has 0 saturated heterocycles. The second kappa shape index (κ2) is 10.8. The van der Waals surface area contributed by atoms with Crippen molar-refractivity contribution in [2.45, 2.75) is 59.4 Å². The van der Waals surface area contributed by atoms with E-state index in [0.717, 1.165) is 48.0 Å². The lowest BCUT2D eigenvalue weighted by molar-refractivity contribution is -0.124. The summed E-state index contributed by atoms with van der Waals surface area (Å²) in [5.41, 5.74) is 1.89. The Kier molecular flexibility index (Phi) is 7.31. The number of carbonyl (C=O) groups is 2. The Labute approximate surface area is 222 Å². The highest BCUT2D eigenvalue weighted by atomic mass is 16.5. The predicted molar refractivity (Wildman–Crippen MR) is 146 cm³/mol. The number of furan rings is 1. The van der Waals surface area contributed by atoms with Crippen molar-refractivity contribution in [2.24, 2.45) is 11.8 Å². The van der Waals surface area contributed by atoms with Gasteiger partial charge in [-0.2, -0.15) is 0 Å². The number of para-hydroxylation sites is 1. The van der Waals surface area contributed by atoms with E-state index in [1.54, 1.807) is 24.2 Å². The standard InChI is InChI=1S/C30H34N4O4/c1-5-37-30(36)24-18-33(32-28(24)34(19(2)3)29(35)21-12-10-20(4)11-13-21)27-15-14-23(17-31-27)26-16-22-8-6-7-9-25(22)38-26/h6-9,14-21H,5,10-13H2,1-4H3. The molecule has 0 atom stereocenters. The van der Waals surface area contributed by atoms with Gasteiger partial charge in [-0.3, -0.25) is 9.69 Å². The summed E-state index contributed by atoms with van der Waals surface area (Å²) in [6.07, 6.45) is 7.08. The molecule has 3 aromatic heterocycles. The molecule has 1 fully saturated rings. The molecule has 0 bridgehead atoms. The van der Waals surface area contributed by atoms with Crippen LogP contribution in [0.2, 0.25) is 0 Å². The summed E-state index contributed by atoms with van der Waals surface area (Å²) < 4.78 is 12.8. The first-order chi connectivity index (χ1) is 18.4. The van der Waals surface area contributed by atoms with Gasteiger partial charge in [-0.25, -0.2) is 14.5 Å². The van der Waals surface area contributed by atoms with E-state index < -0.39 is 5.97 Å². The number of fused-ring (bicyclic) bond motifs is 1. The van der Waals surface area contributed by atoms with Gasteiger partial charge in [0.25, 0.3) is 0 Å². The monoisotopic (exact) mass is 514 g/mol. The van der Waals surface area contributed by atoms with E-state index in [9.17, 15) is 9.59 Å². The summed E-state index contributed by atoms with van der Waals surface area (Å²) in [6, 6.07) is 13.4. The molecule has 198 valence electrons. The van der Waals surface area contributed by atoms with Gasteiger partial charge in [-0.1, -0.05) is 25.1 Å². The molecule has 0 radical (unpaired) electrons. The second-order valence-corrected chi connectivity index (χ2v) is 10.3. The van der Waals surface area contributed by atoms with Crippen LogP contribution in [0.1, 0.15) is 63.7 Å². The molecule has 1 aromatic carbocycles. The van der Waals surface area contributed by atoms with Crippen molar-refractivity contribution in [3.8, 4) is 17.1 Å². The van der Waals surface area contributed by atoms with Gasteiger partial charge in [0.2, 0.25) is 5.91 Å². The number of anilines is 1. The van der Waals surface area contributed by atoms with E-state index in [2.05, 4.69) is 11.9 Å². The van der Waals surface area contributed by atoms with E-state index in [1.165, 1.54) is 4.68 Å². The molecule has 0 unspecified atom stereocenters. The van der Waals surface area contributed by atoms with Crippen LogP contribution in [-0.2, 0) is 9.53 Å². The van der Waals surface area contributed by atoms with Crippen molar-refractivity contribution in [1.29, 1.82) is 0 Å². The zero-order valence-corrected chi connectivity index (χ0v) is 22.4. The van der Waals surface area contributed by atoms with Crippen LogP contribution in [0.4, 0.5) is 5.82 Å². The Morgan fingerprint density at radius 3 is 2.55 bits per heavy atom. The third-order valence-corrected chi connectivity index (χ3v) is 7.23. The topological polar surface area (TPSA) is 90.5 Å². The zero-order valence-electron chi connectivity index (χ0n) is 22.4. The van der Waals surface area contributed by atoms with Crippen LogP contribution in [-0.4, -0.2) is 39.3 Å². The Bertz CT molecular complexity index is 1400. The number of esters is 1. The summed E-state index contributed by atoms with van der Waals surface area (Å²) in [7, 11) is 0. The van der Waals surface area contributed by atoms with Crippen molar-refractivity contribution >= 4 is 28.7 Å². The second-order valence-electron chi connectivity index (χ2n) is 10.3. The van der Waals surface area contributed by atoms with Gasteiger partial charge in [0.1, 0.15) is 16.9 Å². The number of rotatable bonds is 7. The number of amides is 1. The highest BCUT2D eigenvalue weighted by molar-refractivity contribution is 6.02. The molecule has 1 aliphatic rings. The van der Waals surface area contributed by atoms with Crippen molar-refractivity contribution in [2.75, 3.05) is 11.5 Å². The van der Waals surface area contributed by atoms with Crippen LogP contribution in [0.5, 0.6) is 0 Å². The van der Waals surface area contributed by atoms with Crippen LogP contribution < -0.4 is 4.90 Å². The first kappa shape index (κ1) is 25.7. The molecule has 5 rings (SSSR count). The van der Waals surface area contributed by atoms with E-state index in [1.807, 2.05) is 56.3 Å². The number of carbonyl (C=O) groups excluding carboxylic acids is 2. The molecule has 1 amide bonds. The maximum atomic E-state index is 13.7. The minimum atomic E-state index is -0.511. The Hall–Kier alpha value is -3.94. The predicted octanol–water partition coefficient (Wildman–Crippen LogP) is 6.42. The van der Waals surface area contributed by atoms with Gasteiger partial charge < -0.3 is 9.15 Å². The SMILES string of the molecule is CCOC(=O)c1cn(-c2ccc(-c3cc4ccccc4o3)cn2)nc1N(C(=O)C1CCC(C)CC1)C(C)C. The average molecular weight is 515 g/mol. The fourth-order valence-corrected chi connectivity index (χ4v) is 5.11. The van der Waals surface area contributed by atoms with Gasteiger partial charge in [0, 0.05) is 35.3 Å². The third-order valence-electron chi connectivity index (χ3n) is 7.23. The molecule has 38 heavy (non-hydrogen) atoms. The minimum Gasteiger partial charge on any atom is -0.462 e. The average Bonchev–Trinajstić information content (AvgIpc) is 3.54. The van der Waals surface area contributed by atoms with Crippen LogP contribution in [0, 0.1) is 11.8 Å². The normalized spacial score (nSPS) is 17.6. The minimum absolute atomic E-state index is 0.0101. The number of benzene rings is 1. The van der Waals surface area contributed by atoms with E-state index in [4.69, 9.17) is 14.3 Å². The summed E-state index contributed by atoms with van der Waals surface area (Å²) in [6.45, 7) is 8.10. The molecule has 4 aromatic rings. The van der Waals surface area contributed by atoms with Crippen LogP contribution in [0.25, 0.3) is 28.1 Å². The van der Waals surface area contributed by atoms with Crippen molar-refractivity contribution < 1.29 is 18.7 Å². The molecule has 0 N–H and O–H groups in total. The Balaban J connectivity index is 1.48. The van der Waals surface area contributed by atoms with E-state index >= 15 is 0 Å². The highest BCUT2D eigenvalue weighted by Crippen LogP contribution is 2.33. The lowest BCUT2D eigenvalue weighted by Crippen LogP contribution is -2.43. The summed E-state index contributed by atoms with van der Waals surface area (Å²) >= 11 is 0. The zero-order chi connectivity index (χ0) is 26.8. The number of nitrogens with zero attached hydrogens (tertiary/aromatic N) is 4. The molecule has 8 nitrogen and oxygen atoms in total. The molecule has 1 saturated carbocycles. The number of ether oxygens (including phenoxy) is 1. The number of hydrogen-bond donors (Lipinski definition) is 0. The first-order valence-electron chi connectivity index (χ1n) is 13.4. The number of hydrogen-bond acceptors (Lipinski definition) is 6. The van der Waals surface area contributed by atoms with Crippen molar-refractivity contribution in [1.82, 2.24) is 14.8 Å². The summed E-state index contributed by atoms with van der Waals surface area (Å²) in [5.74, 6) is 1.61. The van der Waals surface area contributed by atoms with Crippen LogP contribution >= 0.6 is 0 Å². The number of pyridine rings is 1. The summed E-state index contributed by atoms with van der Waals surface area (Å²) in [4.78, 5) is 32.9. The molecular weight excluding hydrogens is 480 g/mol. The highest BCUT2D eigenvalue weighted by Gasteiger charge is 2.34. The maximum absolute atomic E-state index is 13.7. The van der Waals surface area contributed by atoms with Gasteiger partial charge in [0.15, 0.2) is 11.6 Å². The molecule has 0 spiro atoms. The van der Waals surface area contributed by atoms with Crippen molar-refractivity contribution in [3.05, 3.63) is 60.4 Å². The van der Waals surface area contributed by atoms with Gasteiger partial charge in [-0.05, 0) is 76.6 Å². The van der Waals surface area contributed by atoms with Gasteiger partial charge in [-0.15, -0.1) is 5.10 Å². The molecule has 1 aliphatic carbocycles. The van der Waals surface area contributed by atoms with E-state index in [0.29, 0.717) is 17.6 Å². The summed E-state index contributed by atoms with van der Waals surface area (Å²) in [5, 5.41) is 5.73. The van der Waals surface area contributed by atoms with Crippen LogP contribution in [0.15, 0.2) is 59.3 Å². The lowest BCUT2D eigenvalue weighted by Gasteiger charge is -2.32. The molecular formula is C30H34N4O4. The molecule has 8 heteroatoms. The number of aromatic nitrogens is 3. The van der Waals surface area contributed by atoms with Crippen LogP contribution in [0.3, 0.4) is 0 Å².